The van der Waals surface area contributed by atoms with Crippen LogP contribution in [0.25, 0.3) is 0 Å². The zero-order chi connectivity index (χ0) is 20.1. The monoisotopic (exact) mass is 365 g/mol. The largest absolute Gasteiger partial charge is 0.338 e. The third-order valence-corrected chi connectivity index (χ3v) is 6.41. The van der Waals surface area contributed by atoms with Gasteiger partial charge in [0.1, 0.15) is 0 Å². The van der Waals surface area contributed by atoms with E-state index in [2.05, 4.69) is 9.05 Å². The van der Waals surface area contributed by atoms with E-state index in [4.69, 9.17) is 10.0 Å². The van der Waals surface area contributed by atoms with E-state index in [0.29, 0.717) is 0 Å². The Bertz CT molecular complexity index is 443. The van der Waals surface area contributed by atoms with Crippen LogP contribution in [0.2, 0.25) is 0 Å². The number of thioether (sulfide) groups is 1. The molecule has 0 aromatic rings. The van der Waals surface area contributed by atoms with Crippen LogP contribution in [0.5, 0.6) is 0 Å². The molecule has 1 unspecified atom stereocenters. The van der Waals surface area contributed by atoms with Crippen molar-refractivity contribution in [1.82, 2.24) is 4.67 Å². The summed E-state index contributed by atoms with van der Waals surface area (Å²) in [6, 6.07) is -0.0500. The Balaban J connectivity index is 4.76. The van der Waals surface area contributed by atoms with E-state index in [1.165, 1.54) is 0 Å². The topological polar surface area (TPSA) is 68.2 Å². The van der Waals surface area contributed by atoms with Crippen LogP contribution in [0.1, 0.15) is 33.2 Å². The van der Waals surface area contributed by atoms with Crippen molar-refractivity contribution in [2.75, 3.05) is 38.4 Å². The maximum absolute atomic E-state index is 12.1. The lowest BCUT2D eigenvalue weighted by molar-refractivity contribution is 0.220. The summed E-state index contributed by atoms with van der Waals surface area (Å²) in [5.74, 6) is -0.556. The van der Waals surface area contributed by atoms with Gasteiger partial charge in [-0.3, -0.25) is 4.57 Å². The van der Waals surface area contributed by atoms with E-state index in [9.17, 15) is 9.46 Å². The summed E-state index contributed by atoms with van der Waals surface area (Å²) < 4.78 is 59.7. The van der Waals surface area contributed by atoms with Gasteiger partial charge in [0.05, 0.1) is 15.4 Å². The first-order valence-electron chi connectivity index (χ1n) is 8.48. The number of nitrogens with zero attached hydrogens (tertiary/aromatic N) is 1. The van der Waals surface area contributed by atoms with E-state index >= 15 is 0 Å². The molecule has 0 amide bonds. The first-order chi connectivity index (χ1) is 11.2. The fourth-order valence-corrected chi connectivity index (χ4v) is 4.34. The molecular formula is C12H29NO5P2S. The Kier molecular flexibility index (Phi) is 8.30. The molecule has 1 N–H and O–H groups in total. The number of hydrogen-bond acceptors (Lipinski definition) is 7. The zero-order valence-corrected chi connectivity index (χ0v) is 16.0. The molecule has 128 valence electrons. The van der Waals surface area contributed by atoms with Gasteiger partial charge in [-0.1, -0.05) is 0 Å². The van der Waals surface area contributed by atoms with Crippen LogP contribution in [-0.4, -0.2) is 60.0 Å². The summed E-state index contributed by atoms with van der Waals surface area (Å²) in [6.07, 6.45) is -2.27. The molecule has 0 bridgehead atoms. The first kappa shape index (κ1) is 15.3. The van der Waals surface area contributed by atoms with Crippen LogP contribution in [0.15, 0.2) is 0 Å². The van der Waals surface area contributed by atoms with Gasteiger partial charge in [-0.25, -0.2) is 4.67 Å². The molecule has 21 heavy (non-hydrogen) atoms. The molecule has 0 heterocycles. The van der Waals surface area contributed by atoms with Crippen molar-refractivity contribution >= 4 is 27.9 Å². The third-order valence-electron chi connectivity index (χ3n) is 2.40. The van der Waals surface area contributed by atoms with Gasteiger partial charge >= 0.3 is 7.60 Å². The molecule has 0 saturated heterocycles. The van der Waals surface area contributed by atoms with Crippen molar-refractivity contribution in [2.45, 2.75) is 39.8 Å². The lowest BCUT2D eigenvalue weighted by Gasteiger charge is -2.32. The highest BCUT2D eigenvalue weighted by Gasteiger charge is 2.24. The van der Waals surface area contributed by atoms with E-state index in [1.807, 2.05) is 27.7 Å². The zero-order valence-electron chi connectivity index (χ0n) is 17.4. The quantitative estimate of drug-likeness (QED) is 0.530. The molecular weight excluding hydrogens is 332 g/mol. The van der Waals surface area contributed by atoms with Gasteiger partial charge in [0, 0.05) is 40.6 Å². The number of rotatable bonds is 12. The molecule has 0 spiro atoms. The van der Waals surface area contributed by atoms with Gasteiger partial charge < -0.3 is 18.5 Å². The van der Waals surface area contributed by atoms with Gasteiger partial charge in [-0.15, -0.1) is 0 Å². The van der Waals surface area contributed by atoms with Gasteiger partial charge in [0.25, 0.3) is 8.53 Å². The molecule has 0 saturated carbocycles. The summed E-state index contributed by atoms with van der Waals surface area (Å²) in [5.41, 5.74) is 0. The maximum Gasteiger partial charge on any atom is 0.330 e. The minimum atomic E-state index is -3.94. The average Bonchev–Trinajstić information content (AvgIpc) is 2.43. The van der Waals surface area contributed by atoms with Crippen LogP contribution >= 0.6 is 27.9 Å². The van der Waals surface area contributed by atoms with Crippen molar-refractivity contribution in [2.24, 2.45) is 0 Å². The van der Waals surface area contributed by atoms with Gasteiger partial charge in [0.15, 0.2) is 0 Å². The Labute approximate surface area is 140 Å². The standard InChI is InChI=1S/C12H29NO5P2S/c1-11(2)13(12(3)4)19(14)18-7-9-21-10-8-20(15,16-5)17-6/h11-12,14H,7-10H2,1-6H3/i7D2,8D2. The van der Waals surface area contributed by atoms with Crippen molar-refractivity contribution < 1.29 is 28.5 Å². The van der Waals surface area contributed by atoms with Gasteiger partial charge in [0.2, 0.25) is 0 Å². The predicted molar refractivity (Wildman–Crippen MR) is 91.0 cm³/mol. The van der Waals surface area contributed by atoms with Crippen molar-refractivity contribution in [3.63, 3.8) is 0 Å². The highest BCUT2D eigenvalue weighted by molar-refractivity contribution is 7.99. The lowest BCUT2D eigenvalue weighted by Crippen LogP contribution is -2.32. The summed E-state index contributed by atoms with van der Waals surface area (Å²) in [4.78, 5) is 10.2. The molecule has 0 aliphatic rings. The highest BCUT2D eigenvalue weighted by Crippen LogP contribution is 2.46. The summed E-state index contributed by atoms with van der Waals surface area (Å²) in [5, 5.41) is 0. The first-order valence-corrected chi connectivity index (χ1v) is 10.3. The van der Waals surface area contributed by atoms with E-state index < -0.39 is 28.8 Å². The maximum atomic E-state index is 12.1. The minimum Gasteiger partial charge on any atom is -0.338 e. The smallest absolute Gasteiger partial charge is 0.330 e. The Morgan fingerprint density at radius 1 is 1.24 bits per heavy atom. The second kappa shape index (κ2) is 11.4. The Morgan fingerprint density at radius 2 is 1.76 bits per heavy atom. The molecule has 0 aromatic carbocycles. The van der Waals surface area contributed by atoms with Crippen molar-refractivity contribution in [1.29, 1.82) is 0 Å². The second-order valence-corrected chi connectivity index (χ2v) is 8.75. The molecule has 0 rings (SSSR count). The Hall–Kier alpha value is 0.810. The highest BCUT2D eigenvalue weighted by atomic mass is 32.2. The Morgan fingerprint density at radius 3 is 2.19 bits per heavy atom. The van der Waals surface area contributed by atoms with Gasteiger partial charge in [-0.2, -0.15) is 11.8 Å². The molecule has 0 fully saturated rings. The molecule has 0 aromatic heterocycles. The fourth-order valence-electron chi connectivity index (χ4n) is 1.54. The summed E-state index contributed by atoms with van der Waals surface area (Å²) in [7, 11) is -3.88. The molecule has 6 nitrogen and oxygen atoms in total. The van der Waals surface area contributed by atoms with Crippen LogP contribution < -0.4 is 0 Å². The molecule has 9 heteroatoms. The molecule has 1 atom stereocenters. The third kappa shape index (κ3) is 8.87. The number of hydrogen-bond donors (Lipinski definition) is 1. The molecule has 0 aliphatic carbocycles. The van der Waals surface area contributed by atoms with Crippen molar-refractivity contribution in [3.05, 3.63) is 0 Å². The predicted octanol–water partition coefficient (Wildman–Crippen LogP) is 3.56. The second-order valence-electron chi connectivity index (χ2n) is 4.57. The average molecular weight is 365 g/mol. The van der Waals surface area contributed by atoms with E-state index in [0.717, 1.165) is 26.0 Å². The van der Waals surface area contributed by atoms with Crippen LogP contribution in [0, 0.1) is 0 Å². The summed E-state index contributed by atoms with van der Waals surface area (Å²) >= 11 is 0.869. The molecule has 0 aliphatic heterocycles. The van der Waals surface area contributed by atoms with Crippen molar-refractivity contribution in [3.8, 4) is 0 Å². The van der Waals surface area contributed by atoms with E-state index in [-0.39, 0.29) is 23.6 Å². The van der Waals surface area contributed by atoms with Gasteiger partial charge in [-0.05, 0) is 27.7 Å². The van der Waals surface area contributed by atoms with Crippen LogP contribution in [0.4, 0.5) is 0 Å². The van der Waals surface area contributed by atoms with Crippen LogP contribution in [-0.2, 0) is 18.1 Å². The minimum absolute atomic E-state index is 0.0250. The fraction of sp³-hybridized carbons (Fsp3) is 1.00. The van der Waals surface area contributed by atoms with Crippen LogP contribution in [0.3, 0.4) is 0 Å². The summed E-state index contributed by atoms with van der Waals surface area (Å²) in [6.45, 7) is 5.33. The normalized spacial score (nSPS) is 18.6. The SMILES string of the molecule is [2H]C([2H])(CSCC([2H])([2H])P(=O)(OC)OC)OP(O)N(C(C)C)C(C)C. The lowest BCUT2D eigenvalue weighted by atomic mass is 10.3. The van der Waals surface area contributed by atoms with E-state index in [1.54, 1.807) is 4.67 Å². The molecule has 0 radical (unpaired) electrons.